The predicted octanol–water partition coefficient (Wildman–Crippen LogP) is 3.31. The molecule has 162 valence electrons. The quantitative estimate of drug-likeness (QED) is 0.664. The summed E-state index contributed by atoms with van der Waals surface area (Å²) in [5, 5.41) is 5.58. The molecule has 0 unspecified atom stereocenters. The van der Waals surface area contributed by atoms with E-state index in [0.717, 1.165) is 6.42 Å². The lowest BCUT2D eigenvalue weighted by Crippen LogP contribution is -2.42. The Bertz CT molecular complexity index is 947. The first-order valence-electron chi connectivity index (χ1n) is 10.1. The van der Waals surface area contributed by atoms with Crippen LogP contribution in [0.2, 0.25) is 0 Å². The summed E-state index contributed by atoms with van der Waals surface area (Å²) in [4.78, 5) is 24.5. The molecule has 2 amide bonds. The van der Waals surface area contributed by atoms with Gasteiger partial charge in [0.25, 0.3) is 5.91 Å². The van der Waals surface area contributed by atoms with Crippen molar-refractivity contribution in [1.29, 1.82) is 0 Å². The van der Waals surface area contributed by atoms with Crippen molar-refractivity contribution in [1.82, 2.24) is 4.31 Å². The van der Waals surface area contributed by atoms with E-state index in [2.05, 4.69) is 10.6 Å². The van der Waals surface area contributed by atoms with Crippen molar-refractivity contribution in [2.24, 2.45) is 5.92 Å². The van der Waals surface area contributed by atoms with Gasteiger partial charge in [-0.3, -0.25) is 9.59 Å². The number of carbonyl (C=O) groups excluding carboxylic acids is 2. The van der Waals surface area contributed by atoms with Gasteiger partial charge in [-0.1, -0.05) is 13.3 Å². The minimum atomic E-state index is -3.22. The van der Waals surface area contributed by atoms with E-state index in [1.807, 2.05) is 6.92 Å². The fraction of sp³-hybridized carbons (Fsp3) is 0.429. The highest BCUT2D eigenvalue weighted by atomic mass is 32.2. The molecular formula is C21H27N3O5S. The van der Waals surface area contributed by atoms with Gasteiger partial charge in [-0.05, 0) is 55.7 Å². The number of benzene rings is 1. The number of hydrogen-bond acceptors (Lipinski definition) is 5. The second-order valence-corrected chi connectivity index (χ2v) is 9.43. The Kier molecular flexibility index (Phi) is 7.28. The van der Waals surface area contributed by atoms with Crippen LogP contribution in [0.5, 0.6) is 0 Å². The molecule has 0 atom stereocenters. The Morgan fingerprint density at radius 1 is 1.07 bits per heavy atom. The number of amides is 2. The molecule has 3 rings (SSSR count). The van der Waals surface area contributed by atoms with Gasteiger partial charge in [0.1, 0.15) is 0 Å². The molecule has 2 heterocycles. The highest BCUT2D eigenvalue weighted by molar-refractivity contribution is 7.89. The Hall–Kier alpha value is -2.65. The molecule has 0 aliphatic carbocycles. The van der Waals surface area contributed by atoms with Gasteiger partial charge in [-0.15, -0.1) is 0 Å². The number of carbonyl (C=O) groups is 2. The summed E-state index contributed by atoms with van der Waals surface area (Å²) in [6.45, 7) is 2.72. The van der Waals surface area contributed by atoms with E-state index in [0.29, 0.717) is 43.7 Å². The maximum absolute atomic E-state index is 12.6. The molecule has 0 bridgehead atoms. The minimum Gasteiger partial charge on any atom is -0.459 e. The molecule has 1 aromatic carbocycles. The Labute approximate surface area is 176 Å². The van der Waals surface area contributed by atoms with E-state index in [1.54, 1.807) is 36.4 Å². The van der Waals surface area contributed by atoms with Crippen LogP contribution in [0.15, 0.2) is 47.1 Å². The maximum Gasteiger partial charge on any atom is 0.291 e. The number of furan rings is 1. The van der Waals surface area contributed by atoms with E-state index in [-0.39, 0.29) is 29.2 Å². The van der Waals surface area contributed by atoms with Gasteiger partial charge in [0, 0.05) is 30.4 Å². The van der Waals surface area contributed by atoms with Gasteiger partial charge < -0.3 is 15.1 Å². The number of piperidine rings is 1. The van der Waals surface area contributed by atoms with Crippen LogP contribution in [0, 0.1) is 5.92 Å². The van der Waals surface area contributed by atoms with Crippen LogP contribution in [0.1, 0.15) is 43.2 Å². The molecule has 8 nitrogen and oxygen atoms in total. The topological polar surface area (TPSA) is 109 Å². The number of nitrogens with one attached hydrogen (secondary N) is 2. The molecule has 0 saturated carbocycles. The van der Waals surface area contributed by atoms with Gasteiger partial charge in [0.15, 0.2) is 5.76 Å². The molecule has 1 aliphatic heterocycles. The normalized spacial score (nSPS) is 15.6. The molecule has 1 aromatic heterocycles. The summed E-state index contributed by atoms with van der Waals surface area (Å²) in [5.74, 6) is -0.301. The Balaban J connectivity index is 1.49. The van der Waals surface area contributed by atoms with Crippen molar-refractivity contribution >= 4 is 33.2 Å². The predicted molar refractivity (Wildman–Crippen MR) is 115 cm³/mol. The highest BCUT2D eigenvalue weighted by Crippen LogP contribution is 2.23. The van der Waals surface area contributed by atoms with Crippen LogP contribution in [0.3, 0.4) is 0 Å². The third-order valence-corrected chi connectivity index (χ3v) is 7.09. The van der Waals surface area contributed by atoms with E-state index >= 15 is 0 Å². The molecular weight excluding hydrogens is 406 g/mol. The van der Waals surface area contributed by atoms with E-state index < -0.39 is 10.0 Å². The van der Waals surface area contributed by atoms with Gasteiger partial charge in [-0.25, -0.2) is 12.7 Å². The van der Waals surface area contributed by atoms with Crippen LogP contribution < -0.4 is 10.6 Å². The lowest BCUT2D eigenvalue weighted by molar-refractivity contribution is -0.120. The van der Waals surface area contributed by atoms with E-state index in [9.17, 15) is 18.0 Å². The van der Waals surface area contributed by atoms with Crippen LogP contribution in [0.4, 0.5) is 11.4 Å². The van der Waals surface area contributed by atoms with Crippen molar-refractivity contribution < 1.29 is 22.4 Å². The standard InChI is InChI=1S/C21H27N3O5S/c1-2-3-15-30(27,28)24-12-10-16(11-13-24)20(25)22-17-6-8-18(9-7-17)23-21(26)19-5-4-14-29-19/h4-9,14,16H,2-3,10-13,15H2,1H3,(H,22,25)(H,23,26). The zero-order valence-electron chi connectivity index (χ0n) is 17.0. The number of rotatable bonds is 8. The second kappa shape index (κ2) is 9.90. The largest absolute Gasteiger partial charge is 0.459 e. The Morgan fingerprint density at radius 3 is 2.27 bits per heavy atom. The van der Waals surface area contributed by atoms with Gasteiger partial charge >= 0.3 is 0 Å². The van der Waals surface area contributed by atoms with Crippen molar-refractivity contribution in [3.8, 4) is 0 Å². The van der Waals surface area contributed by atoms with E-state index in [1.165, 1.54) is 10.6 Å². The van der Waals surface area contributed by atoms with Gasteiger partial charge in [-0.2, -0.15) is 0 Å². The van der Waals surface area contributed by atoms with Crippen LogP contribution in [0.25, 0.3) is 0 Å². The molecule has 0 radical (unpaired) electrons. The fourth-order valence-corrected chi connectivity index (χ4v) is 5.01. The zero-order chi connectivity index (χ0) is 21.6. The monoisotopic (exact) mass is 433 g/mol. The first-order valence-corrected chi connectivity index (χ1v) is 11.7. The summed E-state index contributed by atoms with van der Waals surface area (Å²) < 4.78 is 31.1. The number of hydrogen-bond donors (Lipinski definition) is 2. The summed E-state index contributed by atoms with van der Waals surface area (Å²) in [5.41, 5.74) is 1.20. The minimum absolute atomic E-state index is 0.118. The fourth-order valence-electron chi connectivity index (χ4n) is 3.33. The second-order valence-electron chi connectivity index (χ2n) is 7.34. The number of unbranched alkanes of at least 4 members (excludes halogenated alkanes) is 1. The number of anilines is 2. The van der Waals surface area contributed by atoms with Crippen molar-refractivity contribution in [3.63, 3.8) is 0 Å². The lowest BCUT2D eigenvalue weighted by atomic mass is 9.97. The first kappa shape index (κ1) is 22.0. The van der Waals surface area contributed by atoms with Crippen molar-refractivity contribution in [2.75, 3.05) is 29.5 Å². The maximum atomic E-state index is 12.6. The smallest absolute Gasteiger partial charge is 0.291 e. The molecule has 1 aliphatic rings. The average Bonchev–Trinajstić information content (AvgIpc) is 3.29. The third kappa shape index (κ3) is 5.70. The molecule has 0 spiro atoms. The zero-order valence-corrected chi connectivity index (χ0v) is 17.8. The Morgan fingerprint density at radius 2 is 1.70 bits per heavy atom. The molecule has 2 aromatic rings. The van der Waals surface area contributed by atoms with Crippen LogP contribution in [-0.2, 0) is 14.8 Å². The molecule has 30 heavy (non-hydrogen) atoms. The lowest BCUT2D eigenvalue weighted by Gasteiger charge is -2.30. The molecule has 2 N–H and O–H groups in total. The molecule has 1 saturated heterocycles. The SMILES string of the molecule is CCCCS(=O)(=O)N1CCC(C(=O)Nc2ccc(NC(=O)c3ccco3)cc2)CC1. The number of nitrogens with zero attached hydrogens (tertiary/aromatic N) is 1. The summed E-state index contributed by atoms with van der Waals surface area (Å²) in [7, 11) is -3.22. The molecule has 9 heteroatoms. The highest BCUT2D eigenvalue weighted by Gasteiger charge is 2.30. The number of sulfonamides is 1. The van der Waals surface area contributed by atoms with Gasteiger partial charge in [0.2, 0.25) is 15.9 Å². The summed E-state index contributed by atoms with van der Waals surface area (Å²) >= 11 is 0. The third-order valence-electron chi connectivity index (χ3n) is 5.13. The van der Waals surface area contributed by atoms with Gasteiger partial charge in [0.05, 0.1) is 12.0 Å². The summed E-state index contributed by atoms with van der Waals surface area (Å²) in [6, 6.07) is 10.0. The van der Waals surface area contributed by atoms with Crippen LogP contribution >= 0.6 is 0 Å². The van der Waals surface area contributed by atoms with Crippen molar-refractivity contribution in [3.05, 3.63) is 48.4 Å². The van der Waals surface area contributed by atoms with Crippen LogP contribution in [-0.4, -0.2) is 43.4 Å². The van der Waals surface area contributed by atoms with E-state index in [4.69, 9.17) is 4.42 Å². The first-order chi connectivity index (χ1) is 14.4. The average molecular weight is 434 g/mol. The molecule has 1 fully saturated rings. The summed E-state index contributed by atoms with van der Waals surface area (Å²) in [6.07, 6.45) is 3.94. The van der Waals surface area contributed by atoms with Crippen molar-refractivity contribution in [2.45, 2.75) is 32.6 Å².